The minimum atomic E-state index is -0.143. The molecule has 1 saturated heterocycles. The summed E-state index contributed by atoms with van der Waals surface area (Å²) in [6.07, 6.45) is 1.73. The molecule has 0 saturated carbocycles. The minimum absolute atomic E-state index is 0.134. The van der Waals surface area contributed by atoms with Gasteiger partial charge >= 0.3 is 0 Å². The van der Waals surface area contributed by atoms with E-state index in [1.54, 1.807) is 6.07 Å². The molecule has 0 bridgehead atoms. The van der Waals surface area contributed by atoms with Crippen molar-refractivity contribution in [3.05, 3.63) is 27.7 Å². The Hall–Kier alpha value is -0.520. The first-order valence-corrected chi connectivity index (χ1v) is 7.45. The van der Waals surface area contributed by atoms with Crippen molar-refractivity contribution in [1.29, 1.82) is 0 Å². The molecular weight excluding hydrogens is 299 g/mol. The molecule has 6 heteroatoms. The second-order valence-corrected chi connectivity index (χ2v) is 6.35. The number of rotatable bonds is 4. The van der Waals surface area contributed by atoms with Gasteiger partial charge in [-0.05, 0) is 32.0 Å². The normalized spacial score (nSPS) is 19.2. The first-order chi connectivity index (χ1) is 9.49. The molecule has 1 aliphatic heterocycles. The van der Waals surface area contributed by atoms with Crippen LogP contribution < -0.4 is 5.73 Å². The Morgan fingerprint density at radius 1 is 1.20 bits per heavy atom. The monoisotopic (exact) mass is 318 g/mol. The summed E-state index contributed by atoms with van der Waals surface area (Å²) in [6, 6.07) is 3.18. The molecule has 0 atom stereocenters. The molecular formula is C14H20Cl2N2O2. The topological polar surface area (TPSA) is 69.7 Å². The van der Waals surface area contributed by atoms with E-state index in [1.165, 1.54) is 6.07 Å². The summed E-state index contributed by atoms with van der Waals surface area (Å²) in [6.45, 7) is 2.95. The number of benzene rings is 1. The van der Waals surface area contributed by atoms with Crippen LogP contribution in [0.25, 0.3) is 0 Å². The number of aliphatic hydroxyl groups excluding tert-OH is 1. The van der Waals surface area contributed by atoms with Crippen molar-refractivity contribution in [3.8, 4) is 5.75 Å². The van der Waals surface area contributed by atoms with Gasteiger partial charge in [-0.1, -0.05) is 23.2 Å². The first-order valence-electron chi connectivity index (χ1n) is 6.70. The number of nitrogens with two attached hydrogens (primary N) is 1. The van der Waals surface area contributed by atoms with Gasteiger partial charge in [0.05, 0.1) is 10.0 Å². The molecule has 1 fully saturated rings. The Balaban J connectivity index is 2.01. The fourth-order valence-corrected chi connectivity index (χ4v) is 2.90. The van der Waals surface area contributed by atoms with Crippen LogP contribution in [0.1, 0.15) is 18.4 Å². The number of likely N-dealkylation sites (tertiary alicyclic amines) is 1. The second-order valence-electron chi connectivity index (χ2n) is 5.53. The van der Waals surface area contributed by atoms with Crippen LogP contribution in [-0.2, 0) is 6.54 Å². The van der Waals surface area contributed by atoms with Gasteiger partial charge in [0.1, 0.15) is 5.75 Å². The second kappa shape index (κ2) is 6.50. The highest BCUT2D eigenvalue weighted by Gasteiger charge is 2.32. The number of aliphatic hydroxyl groups is 1. The number of phenols is 1. The smallest absolute Gasteiger partial charge is 0.121 e. The summed E-state index contributed by atoms with van der Waals surface area (Å²) in [5, 5.41) is 20.2. The summed E-state index contributed by atoms with van der Waals surface area (Å²) >= 11 is 11.8. The average Bonchev–Trinajstić information content (AvgIpc) is 2.46. The van der Waals surface area contributed by atoms with Crippen molar-refractivity contribution in [2.24, 2.45) is 11.1 Å². The van der Waals surface area contributed by atoms with E-state index < -0.39 is 0 Å². The molecule has 2 rings (SSSR count). The zero-order valence-electron chi connectivity index (χ0n) is 11.3. The maximum Gasteiger partial charge on any atom is 0.121 e. The molecule has 0 radical (unpaired) electrons. The lowest BCUT2D eigenvalue weighted by Gasteiger charge is -2.40. The fraction of sp³-hybridized carbons (Fsp3) is 0.571. The molecule has 20 heavy (non-hydrogen) atoms. The zero-order valence-corrected chi connectivity index (χ0v) is 12.8. The third-order valence-corrected chi connectivity index (χ3v) is 4.92. The molecule has 1 aromatic rings. The van der Waals surface area contributed by atoms with Crippen LogP contribution >= 0.6 is 23.2 Å². The lowest BCUT2D eigenvalue weighted by Crippen LogP contribution is -2.45. The highest BCUT2D eigenvalue weighted by atomic mass is 35.5. The third kappa shape index (κ3) is 3.38. The van der Waals surface area contributed by atoms with Crippen molar-refractivity contribution >= 4 is 23.2 Å². The predicted molar refractivity (Wildman–Crippen MR) is 81.2 cm³/mol. The lowest BCUT2D eigenvalue weighted by molar-refractivity contribution is 0.0477. The van der Waals surface area contributed by atoms with Crippen molar-refractivity contribution in [2.45, 2.75) is 19.4 Å². The first kappa shape index (κ1) is 15.9. The van der Waals surface area contributed by atoms with Gasteiger partial charge in [0.15, 0.2) is 0 Å². The maximum atomic E-state index is 9.91. The maximum absolute atomic E-state index is 9.91. The molecule has 0 spiro atoms. The number of phenolic OH excluding ortho intramolecular Hbond substituents is 1. The summed E-state index contributed by atoms with van der Waals surface area (Å²) in [5.41, 5.74) is 6.38. The van der Waals surface area contributed by atoms with Gasteiger partial charge in [0.25, 0.3) is 0 Å². The number of hydrogen-bond donors (Lipinski definition) is 3. The number of halogens is 2. The van der Waals surface area contributed by atoms with Gasteiger partial charge in [-0.3, -0.25) is 4.90 Å². The average molecular weight is 319 g/mol. The molecule has 112 valence electrons. The van der Waals surface area contributed by atoms with Crippen LogP contribution in [0.3, 0.4) is 0 Å². The van der Waals surface area contributed by atoms with E-state index in [4.69, 9.17) is 28.9 Å². The highest BCUT2D eigenvalue weighted by Crippen LogP contribution is 2.33. The number of aromatic hydroxyl groups is 1. The SMILES string of the molecule is NCC1(CO)CCN(Cc2cc(Cl)c(Cl)cc2O)CC1. The Kier molecular flexibility index (Phi) is 5.15. The van der Waals surface area contributed by atoms with E-state index in [1.807, 2.05) is 0 Å². The Labute approximate surface area is 129 Å². The predicted octanol–water partition coefficient (Wildman–Crippen LogP) is 2.23. The van der Waals surface area contributed by atoms with Crippen LogP contribution in [0, 0.1) is 5.41 Å². The van der Waals surface area contributed by atoms with Gasteiger partial charge in [-0.15, -0.1) is 0 Å². The molecule has 1 aliphatic rings. The van der Waals surface area contributed by atoms with Gasteiger partial charge in [0.2, 0.25) is 0 Å². The highest BCUT2D eigenvalue weighted by molar-refractivity contribution is 6.42. The third-order valence-electron chi connectivity index (χ3n) is 4.20. The van der Waals surface area contributed by atoms with E-state index in [0.29, 0.717) is 23.1 Å². The van der Waals surface area contributed by atoms with E-state index in [2.05, 4.69) is 4.90 Å². The van der Waals surface area contributed by atoms with Gasteiger partial charge in [-0.25, -0.2) is 0 Å². The standard InChI is InChI=1S/C14H20Cl2N2O2/c15-11-5-10(13(20)6-12(11)16)7-18-3-1-14(8-17,9-19)2-4-18/h5-6,19-20H,1-4,7-9,17H2. The van der Waals surface area contributed by atoms with Crippen LogP contribution in [0.5, 0.6) is 5.75 Å². The molecule has 0 aliphatic carbocycles. The van der Waals surface area contributed by atoms with Crippen LogP contribution in [0.4, 0.5) is 0 Å². The van der Waals surface area contributed by atoms with Gasteiger partial charge in [0, 0.05) is 36.7 Å². The van der Waals surface area contributed by atoms with Crippen LogP contribution in [0.2, 0.25) is 10.0 Å². The van der Waals surface area contributed by atoms with E-state index in [0.717, 1.165) is 31.5 Å². The molecule has 0 amide bonds. The lowest BCUT2D eigenvalue weighted by atomic mass is 9.79. The molecule has 4 nitrogen and oxygen atoms in total. The quantitative estimate of drug-likeness (QED) is 0.796. The minimum Gasteiger partial charge on any atom is -0.508 e. The fourth-order valence-electron chi connectivity index (χ4n) is 2.56. The van der Waals surface area contributed by atoms with Crippen molar-refractivity contribution in [2.75, 3.05) is 26.2 Å². The molecule has 1 aromatic carbocycles. The van der Waals surface area contributed by atoms with Crippen molar-refractivity contribution in [1.82, 2.24) is 4.90 Å². The number of nitrogens with zero attached hydrogens (tertiary/aromatic N) is 1. The van der Waals surface area contributed by atoms with Gasteiger partial charge < -0.3 is 15.9 Å². The summed E-state index contributed by atoms with van der Waals surface area (Å²) in [7, 11) is 0. The van der Waals surface area contributed by atoms with E-state index in [-0.39, 0.29) is 17.8 Å². The summed E-state index contributed by atoms with van der Waals surface area (Å²) < 4.78 is 0. The van der Waals surface area contributed by atoms with Crippen LogP contribution in [-0.4, -0.2) is 41.4 Å². The Bertz CT molecular complexity index is 468. The van der Waals surface area contributed by atoms with Gasteiger partial charge in [-0.2, -0.15) is 0 Å². The molecule has 1 heterocycles. The van der Waals surface area contributed by atoms with E-state index in [9.17, 15) is 10.2 Å². The molecule has 0 unspecified atom stereocenters. The molecule has 4 N–H and O–H groups in total. The largest absolute Gasteiger partial charge is 0.508 e. The van der Waals surface area contributed by atoms with Crippen molar-refractivity contribution < 1.29 is 10.2 Å². The molecule has 0 aromatic heterocycles. The Morgan fingerprint density at radius 2 is 1.80 bits per heavy atom. The zero-order chi connectivity index (χ0) is 14.8. The van der Waals surface area contributed by atoms with Crippen LogP contribution in [0.15, 0.2) is 12.1 Å². The van der Waals surface area contributed by atoms with E-state index >= 15 is 0 Å². The number of hydrogen-bond acceptors (Lipinski definition) is 4. The van der Waals surface area contributed by atoms with Crippen molar-refractivity contribution in [3.63, 3.8) is 0 Å². The summed E-state index contributed by atoms with van der Waals surface area (Å²) in [5.74, 6) is 0.164. The Morgan fingerprint density at radius 3 is 2.35 bits per heavy atom. The number of piperidine rings is 1. The summed E-state index contributed by atoms with van der Waals surface area (Å²) in [4.78, 5) is 2.23.